The van der Waals surface area contributed by atoms with Gasteiger partial charge in [-0.2, -0.15) is 0 Å². The van der Waals surface area contributed by atoms with Gasteiger partial charge in [-0.05, 0) is 48.0 Å². The smallest absolute Gasteiger partial charge is 0.261 e. The maximum absolute atomic E-state index is 12.5. The van der Waals surface area contributed by atoms with E-state index in [-0.39, 0.29) is 27.3 Å². The molecule has 2 N–H and O–H groups in total. The normalized spacial score (nSPS) is 11.0. The predicted molar refractivity (Wildman–Crippen MR) is 119 cm³/mol. The van der Waals surface area contributed by atoms with Gasteiger partial charge in [0.2, 0.25) is 5.91 Å². The van der Waals surface area contributed by atoms with Crippen LogP contribution in [0.3, 0.4) is 0 Å². The molecule has 0 aliphatic carbocycles. The molecule has 156 valence electrons. The van der Waals surface area contributed by atoms with Gasteiger partial charge >= 0.3 is 0 Å². The first-order chi connectivity index (χ1) is 14.3. The quantitative estimate of drug-likeness (QED) is 0.515. The van der Waals surface area contributed by atoms with Crippen LogP contribution in [0.4, 0.5) is 11.4 Å². The molecule has 0 atom stereocenters. The van der Waals surface area contributed by atoms with Crippen LogP contribution >= 0.6 is 23.2 Å². The van der Waals surface area contributed by atoms with Crippen molar-refractivity contribution in [3.63, 3.8) is 0 Å². The summed E-state index contributed by atoms with van der Waals surface area (Å²) in [5, 5.41) is 3.22. The van der Waals surface area contributed by atoms with E-state index >= 15 is 0 Å². The van der Waals surface area contributed by atoms with Crippen LogP contribution in [0.5, 0.6) is 5.75 Å². The van der Waals surface area contributed by atoms with Gasteiger partial charge in [-0.15, -0.1) is 0 Å². The van der Waals surface area contributed by atoms with Gasteiger partial charge in [0.05, 0.1) is 28.5 Å². The summed E-state index contributed by atoms with van der Waals surface area (Å²) >= 11 is 11.7. The molecule has 9 heteroatoms. The van der Waals surface area contributed by atoms with Crippen molar-refractivity contribution < 1.29 is 17.9 Å². The van der Waals surface area contributed by atoms with E-state index in [0.29, 0.717) is 17.1 Å². The minimum atomic E-state index is -3.82. The molecule has 0 heterocycles. The first-order valence-corrected chi connectivity index (χ1v) is 11.0. The van der Waals surface area contributed by atoms with Crippen LogP contribution in [0.1, 0.15) is 5.56 Å². The number of nitrogens with one attached hydrogen (secondary N) is 2. The van der Waals surface area contributed by atoms with Gasteiger partial charge in [-0.3, -0.25) is 9.52 Å². The van der Waals surface area contributed by atoms with Gasteiger partial charge in [0, 0.05) is 17.4 Å². The molecule has 6 nitrogen and oxygen atoms in total. The van der Waals surface area contributed by atoms with Gasteiger partial charge < -0.3 is 10.1 Å². The number of ether oxygens (including phenoxy) is 1. The number of carbonyl (C=O) groups is 1. The molecule has 0 radical (unpaired) electrons. The number of hydrogen-bond donors (Lipinski definition) is 2. The Morgan fingerprint density at radius 2 is 1.67 bits per heavy atom. The molecular weight excluding hydrogens is 447 g/mol. The van der Waals surface area contributed by atoms with Crippen LogP contribution in [0.15, 0.2) is 71.6 Å². The van der Waals surface area contributed by atoms with Crippen LogP contribution in [0.25, 0.3) is 0 Å². The molecule has 0 bridgehead atoms. The van der Waals surface area contributed by atoms with Gasteiger partial charge in [-0.1, -0.05) is 41.4 Å². The van der Waals surface area contributed by atoms with Crippen LogP contribution in [0, 0.1) is 0 Å². The average Bonchev–Trinajstić information content (AvgIpc) is 2.71. The number of methoxy groups -OCH3 is 1. The molecular formula is C21H18Cl2N2O4S. The summed E-state index contributed by atoms with van der Waals surface area (Å²) < 4.78 is 32.6. The van der Waals surface area contributed by atoms with Crippen molar-refractivity contribution in [3.8, 4) is 5.75 Å². The fourth-order valence-electron chi connectivity index (χ4n) is 2.64. The summed E-state index contributed by atoms with van der Waals surface area (Å²) in [5.74, 6) is 0.443. The monoisotopic (exact) mass is 464 g/mol. The number of rotatable bonds is 7. The molecule has 0 aromatic heterocycles. The Hall–Kier alpha value is -2.74. The molecule has 0 unspecified atom stereocenters. The maximum Gasteiger partial charge on any atom is 0.261 e. The van der Waals surface area contributed by atoms with E-state index in [1.54, 1.807) is 55.6 Å². The first kappa shape index (κ1) is 22.0. The first-order valence-electron chi connectivity index (χ1n) is 8.77. The lowest BCUT2D eigenvalue weighted by molar-refractivity contribution is -0.115. The largest absolute Gasteiger partial charge is 0.497 e. The fraction of sp³-hybridized carbons (Fsp3) is 0.0952. The van der Waals surface area contributed by atoms with Crippen molar-refractivity contribution in [3.05, 3.63) is 82.3 Å². The summed E-state index contributed by atoms with van der Waals surface area (Å²) in [6.07, 6.45) is 0.136. The molecule has 0 aliphatic rings. The van der Waals surface area contributed by atoms with Crippen molar-refractivity contribution in [2.45, 2.75) is 11.3 Å². The summed E-state index contributed by atoms with van der Waals surface area (Å²) in [5.41, 5.74) is 1.72. The maximum atomic E-state index is 12.5. The number of carbonyl (C=O) groups excluding carboxylic acids is 1. The Kier molecular flexibility index (Phi) is 6.87. The Morgan fingerprint density at radius 1 is 0.933 bits per heavy atom. The molecule has 0 saturated heterocycles. The van der Waals surface area contributed by atoms with Crippen molar-refractivity contribution in [1.82, 2.24) is 0 Å². The van der Waals surface area contributed by atoms with E-state index in [2.05, 4.69) is 10.0 Å². The molecule has 3 aromatic carbocycles. The zero-order chi connectivity index (χ0) is 21.7. The number of amides is 1. The Balaban J connectivity index is 1.64. The second-order valence-electron chi connectivity index (χ2n) is 6.34. The molecule has 0 saturated carbocycles. The Labute approximate surface area is 184 Å². The van der Waals surface area contributed by atoms with Gasteiger partial charge in [0.1, 0.15) is 5.75 Å². The number of halogens is 2. The second kappa shape index (κ2) is 9.38. The second-order valence-corrected chi connectivity index (χ2v) is 8.83. The van der Waals surface area contributed by atoms with E-state index < -0.39 is 10.0 Å². The lowest BCUT2D eigenvalue weighted by atomic mass is 10.1. The van der Waals surface area contributed by atoms with Crippen molar-refractivity contribution in [2.75, 3.05) is 17.1 Å². The van der Waals surface area contributed by atoms with Crippen LogP contribution in [-0.2, 0) is 21.2 Å². The lowest BCUT2D eigenvalue weighted by Crippen LogP contribution is -2.15. The molecule has 0 aliphatic heterocycles. The van der Waals surface area contributed by atoms with E-state index in [0.717, 1.165) is 5.56 Å². The van der Waals surface area contributed by atoms with Crippen molar-refractivity contribution >= 4 is 50.5 Å². The minimum absolute atomic E-state index is 0.00126. The SMILES string of the molecule is COc1cccc(NC(=O)Cc2ccc(NS(=O)(=O)c3ccc(Cl)c(Cl)c3)cc2)c1. The summed E-state index contributed by atoms with van der Waals surface area (Å²) in [4.78, 5) is 12.3. The molecule has 1 amide bonds. The molecule has 0 fully saturated rings. The van der Waals surface area contributed by atoms with E-state index in [1.165, 1.54) is 18.2 Å². The predicted octanol–water partition coefficient (Wildman–Crippen LogP) is 4.98. The number of anilines is 2. The third-order valence-electron chi connectivity index (χ3n) is 4.13. The van der Waals surface area contributed by atoms with Crippen LogP contribution in [0.2, 0.25) is 10.0 Å². The minimum Gasteiger partial charge on any atom is -0.497 e. The highest BCUT2D eigenvalue weighted by Crippen LogP contribution is 2.26. The third kappa shape index (κ3) is 5.66. The number of sulfonamides is 1. The van der Waals surface area contributed by atoms with Gasteiger partial charge in [-0.25, -0.2) is 8.42 Å². The molecule has 0 spiro atoms. The lowest BCUT2D eigenvalue weighted by Gasteiger charge is -2.10. The van der Waals surface area contributed by atoms with E-state index in [1.807, 2.05) is 0 Å². The topological polar surface area (TPSA) is 84.5 Å². The van der Waals surface area contributed by atoms with E-state index in [4.69, 9.17) is 27.9 Å². The number of hydrogen-bond acceptors (Lipinski definition) is 4. The molecule has 30 heavy (non-hydrogen) atoms. The van der Waals surface area contributed by atoms with Crippen molar-refractivity contribution in [1.29, 1.82) is 0 Å². The molecule has 3 aromatic rings. The zero-order valence-electron chi connectivity index (χ0n) is 15.9. The summed E-state index contributed by atoms with van der Waals surface area (Å²) in [6, 6.07) is 17.7. The fourth-order valence-corrected chi connectivity index (χ4v) is 4.09. The van der Waals surface area contributed by atoms with Gasteiger partial charge in [0.15, 0.2) is 0 Å². The van der Waals surface area contributed by atoms with Crippen LogP contribution < -0.4 is 14.8 Å². The summed E-state index contributed by atoms with van der Waals surface area (Å²) in [6.45, 7) is 0. The highest BCUT2D eigenvalue weighted by Gasteiger charge is 2.16. The Morgan fingerprint density at radius 3 is 2.33 bits per heavy atom. The van der Waals surface area contributed by atoms with Gasteiger partial charge in [0.25, 0.3) is 10.0 Å². The molecule has 3 rings (SSSR count). The highest BCUT2D eigenvalue weighted by molar-refractivity contribution is 7.92. The summed E-state index contributed by atoms with van der Waals surface area (Å²) in [7, 11) is -2.27. The van der Waals surface area contributed by atoms with Crippen molar-refractivity contribution in [2.24, 2.45) is 0 Å². The third-order valence-corrected chi connectivity index (χ3v) is 6.24. The highest BCUT2D eigenvalue weighted by atomic mass is 35.5. The number of benzene rings is 3. The average molecular weight is 465 g/mol. The van der Waals surface area contributed by atoms with Crippen LogP contribution in [-0.4, -0.2) is 21.4 Å². The zero-order valence-corrected chi connectivity index (χ0v) is 18.2. The Bertz CT molecular complexity index is 1170. The standard InChI is InChI=1S/C21H18Cl2N2O4S/c1-29-17-4-2-3-16(12-17)24-21(26)11-14-5-7-15(8-6-14)25-30(27,28)18-9-10-19(22)20(23)13-18/h2-10,12-13,25H,11H2,1H3,(H,24,26). The van der Waals surface area contributed by atoms with E-state index in [9.17, 15) is 13.2 Å².